The van der Waals surface area contributed by atoms with Gasteiger partial charge in [-0.2, -0.15) is 0 Å². The molecule has 4 N–H and O–H groups in total. The number of rotatable bonds is 8. The molecule has 3 aliphatic carbocycles. The van der Waals surface area contributed by atoms with E-state index in [9.17, 15) is 19.8 Å². The summed E-state index contributed by atoms with van der Waals surface area (Å²) in [7, 11) is 1.62. The summed E-state index contributed by atoms with van der Waals surface area (Å²) in [6.07, 6.45) is 3.46. The molecular formula is C28H37N3O5S. The standard InChI is InChI=1S/C28H37N3O5S/c1-27-11-10-22(33)28(2,15-32)21(27)13-20-24(30-26(37-20)31-25(35)17-6-7-17)19(27)12-23(34)29-14-16-4-8-18(36-3)9-5-16/h4-5,8-9,17,19,21-22,32-33H,6-7,10-15H2,1-3H3,(H,29,34)(H,30,31,35). The number of thiazole rings is 1. The minimum Gasteiger partial charge on any atom is -0.497 e. The van der Waals surface area contributed by atoms with Gasteiger partial charge >= 0.3 is 0 Å². The number of nitrogens with zero attached hydrogens (tertiary/aromatic N) is 1. The van der Waals surface area contributed by atoms with Crippen LogP contribution in [0.15, 0.2) is 24.3 Å². The van der Waals surface area contributed by atoms with Crippen molar-refractivity contribution in [1.82, 2.24) is 10.3 Å². The smallest absolute Gasteiger partial charge is 0.229 e. The van der Waals surface area contributed by atoms with Gasteiger partial charge in [0.05, 0.1) is 25.5 Å². The van der Waals surface area contributed by atoms with Crippen molar-refractivity contribution in [2.45, 2.75) is 70.9 Å². The second kappa shape index (κ2) is 10.0. The Morgan fingerprint density at radius 3 is 2.57 bits per heavy atom. The third-order valence-electron chi connectivity index (χ3n) is 9.11. The summed E-state index contributed by atoms with van der Waals surface area (Å²) in [5.74, 6) is 0.587. The highest BCUT2D eigenvalue weighted by Gasteiger charge is 2.59. The van der Waals surface area contributed by atoms with Crippen molar-refractivity contribution in [3.05, 3.63) is 40.4 Å². The van der Waals surface area contributed by atoms with Crippen LogP contribution in [0.1, 0.15) is 68.0 Å². The van der Waals surface area contributed by atoms with Gasteiger partial charge in [-0.25, -0.2) is 4.98 Å². The number of amides is 2. The van der Waals surface area contributed by atoms with E-state index >= 15 is 0 Å². The molecule has 200 valence electrons. The number of anilines is 1. The fraction of sp³-hybridized carbons (Fsp3) is 0.607. The Morgan fingerprint density at radius 1 is 1.19 bits per heavy atom. The number of hydrogen-bond acceptors (Lipinski definition) is 7. The molecule has 2 amide bonds. The predicted molar refractivity (Wildman–Crippen MR) is 141 cm³/mol. The first kappa shape index (κ1) is 26.1. The van der Waals surface area contributed by atoms with E-state index in [1.54, 1.807) is 7.11 Å². The van der Waals surface area contributed by atoms with Crippen LogP contribution in [0.25, 0.3) is 0 Å². The van der Waals surface area contributed by atoms with Gasteiger partial charge in [-0.1, -0.05) is 26.0 Å². The Labute approximate surface area is 221 Å². The van der Waals surface area contributed by atoms with E-state index in [1.165, 1.54) is 11.3 Å². The summed E-state index contributed by atoms with van der Waals surface area (Å²) in [4.78, 5) is 31.6. The maximum atomic E-state index is 13.3. The van der Waals surface area contributed by atoms with Crippen LogP contribution in [0.3, 0.4) is 0 Å². The Bertz CT molecular complexity index is 1160. The average Bonchev–Trinajstić information content (AvgIpc) is 3.68. The highest BCUT2D eigenvalue weighted by atomic mass is 32.1. The molecular weight excluding hydrogens is 490 g/mol. The van der Waals surface area contributed by atoms with Gasteiger partial charge in [0.15, 0.2) is 5.13 Å². The molecule has 0 aliphatic heterocycles. The molecule has 1 aromatic carbocycles. The second-order valence-electron chi connectivity index (χ2n) is 11.5. The van der Waals surface area contributed by atoms with Crippen LogP contribution in [-0.2, 0) is 22.6 Å². The summed E-state index contributed by atoms with van der Waals surface area (Å²) in [6.45, 7) is 4.44. The fourth-order valence-electron chi connectivity index (χ4n) is 6.45. The zero-order valence-electron chi connectivity index (χ0n) is 21.8. The first-order chi connectivity index (χ1) is 17.7. The number of aromatic nitrogens is 1. The number of carbonyl (C=O) groups is 2. The van der Waals surface area contributed by atoms with Crippen LogP contribution < -0.4 is 15.4 Å². The Morgan fingerprint density at radius 2 is 1.92 bits per heavy atom. The number of hydrogen-bond donors (Lipinski definition) is 4. The summed E-state index contributed by atoms with van der Waals surface area (Å²) >= 11 is 1.47. The number of methoxy groups -OCH3 is 1. The van der Waals surface area contributed by atoms with Crippen molar-refractivity contribution in [3.8, 4) is 5.75 Å². The third-order valence-corrected chi connectivity index (χ3v) is 10.1. The van der Waals surface area contributed by atoms with Gasteiger partial charge in [0.1, 0.15) is 5.75 Å². The van der Waals surface area contributed by atoms with Gasteiger partial charge in [0.25, 0.3) is 0 Å². The molecule has 0 bridgehead atoms. The summed E-state index contributed by atoms with van der Waals surface area (Å²) in [5.41, 5.74) is 0.859. The number of aliphatic hydroxyl groups excluding tert-OH is 2. The molecule has 0 radical (unpaired) electrons. The van der Waals surface area contributed by atoms with Crippen molar-refractivity contribution in [1.29, 1.82) is 0 Å². The molecule has 1 aromatic heterocycles. The molecule has 0 spiro atoms. The lowest BCUT2D eigenvalue weighted by Crippen LogP contribution is -2.57. The van der Waals surface area contributed by atoms with Crippen LogP contribution in [-0.4, -0.2) is 46.8 Å². The van der Waals surface area contributed by atoms with Gasteiger partial charge in [-0.05, 0) is 61.1 Å². The number of nitrogens with one attached hydrogen (secondary N) is 2. The van der Waals surface area contributed by atoms with E-state index in [0.29, 0.717) is 24.5 Å². The van der Waals surface area contributed by atoms with Crippen molar-refractivity contribution >= 4 is 28.3 Å². The third kappa shape index (κ3) is 4.89. The van der Waals surface area contributed by atoms with Crippen molar-refractivity contribution in [2.75, 3.05) is 19.0 Å². The highest BCUT2D eigenvalue weighted by Crippen LogP contribution is 2.62. The summed E-state index contributed by atoms with van der Waals surface area (Å²) in [5, 5.41) is 28.0. The summed E-state index contributed by atoms with van der Waals surface area (Å²) in [6, 6.07) is 7.60. The van der Waals surface area contributed by atoms with E-state index in [2.05, 4.69) is 17.6 Å². The summed E-state index contributed by atoms with van der Waals surface area (Å²) < 4.78 is 5.21. The van der Waals surface area contributed by atoms with E-state index in [-0.39, 0.29) is 48.0 Å². The van der Waals surface area contributed by atoms with Crippen LogP contribution in [0.4, 0.5) is 5.13 Å². The van der Waals surface area contributed by atoms with E-state index in [0.717, 1.165) is 41.1 Å². The number of ether oxygens (including phenoxy) is 1. The van der Waals surface area contributed by atoms with E-state index in [1.807, 2.05) is 31.2 Å². The predicted octanol–water partition coefficient (Wildman–Crippen LogP) is 3.62. The number of benzene rings is 1. The van der Waals surface area contributed by atoms with Gasteiger partial charge in [-0.15, -0.1) is 11.3 Å². The molecule has 5 unspecified atom stereocenters. The Hall–Kier alpha value is -2.49. The normalized spacial score (nSPS) is 30.7. The zero-order chi connectivity index (χ0) is 26.4. The second-order valence-corrected chi connectivity index (χ2v) is 12.5. The SMILES string of the molecule is COc1ccc(CNC(=O)CC2c3nc(NC(=O)C4CC4)sc3CC3C(C)(CO)C(O)CCC23C)cc1. The molecule has 3 aliphatic rings. The molecule has 2 aromatic rings. The molecule has 5 atom stereocenters. The number of fused-ring (bicyclic) bond motifs is 2. The lowest BCUT2D eigenvalue weighted by atomic mass is 9.47. The molecule has 0 saturated heterocycles. The maximum absolute atomic E-state index is 13.3. The van der Waals surface area contributed by atoms with Gasteiger partial charge in [0, 0.05) is 35.1 Å². The lowest BCUT2D eigenvalue weighted by molar-refractivity contribution is -0.144. The number of aliphatic hydroxyl groups is 2. The van der Waals surface area contributed by atoms with Gasteiger partial charge in [0.2, 0.25) is 11.8 Å². The highest BCUT2D eigenvalue weighted by molar-refractivity contribution is 7.15. The minimum absolute atomic E-state index is 0.0131. The van der Waals surface area contributed by atoms with Crippen LogP contribution in [0.2, 0.25) is 0 Å². The van der Waals surface area contributed by atoms with Gasteiger partial charge in [-0.3, -0.25) is 9.59 Å². The molecule has 8 nitrogen and oxygen atoms in total. The van der Waals surface area contributed by atoms with Crippen molar-refractivity contribution in [2.24, 2.45) is 22.7 Å². The van der Waals surface area contributed by atoms with Crippen LogP contribution in [0.5, 0.6) is 5.75 Å². The van der Waals surface area contributed by atoms with Crippen molar-refractivity contribution < 1.29 is 24.5 Å². The Kier molecular flexibility index (Phi) is 7.06. The van der Waals surface area contributed by atoms with Crippen molar-refractivity contribution in [3.63, 3.8) is 0 Å². The monoisotopic (exact) mass is 527 g/mol. The lowest BCUT2D eigenvalue weighted by Gasteiger charge is -2.58. The van der Waals surface area contributed by atoms with Crippen LogP contribution in [0, 0.1) is 22.7 Å². The van der Waals surface area contributed by atoms with E-state index in [4.69, 9.17) is 9.72 Å². The maximum Gasteiger partial charge on any atom is 0.229 e. The molecule has 2 fully saturated rings. The fourth-order valence-corrected chi connectivity index (χ4v) is 7.53. The average molecular weight is 528 g/mol. The minimum atomic E-state index is -0.677. The molecule has 2 saturated carbocycles. The van der Waals surface area contributed by atoms with Crippen LogP contribution >= 0.6 is 11.3 Å². The van der Waals surface area contributed by atoms with E-state index < -0.39 is 11.5 Å². The zero-order valence-corrected chi connectivity index (χ0v) is 22.6. The first-order valence-electron chi connectivity index (χ1n) is 13.2. The quantitative estimate of drug-likeness (QED) is 0.416. The van der Waals surface area contributed by atoms with Gasteiger partial charge < -0.3 is 25.6 Å². The Balaban J connectivity index is 1.41. The molecule has 1 heterocycles. The number of carbonyl (C=O) groups excluding carboxylic acids is 2. The largest absolute Gasteiger partial charge is 0.497 e. The topological polar surface area (TPSA) is 121 Å². The molecule has 37 heavy (non-hydrogen) atoms. The first-order valence-corrected chi connectivity index (χ1v) is 14.0. The molecule has 5 rings (SSSR count). The molecule has 9 heteroatoms.